The fraction of sp³-hybridized carbons (Fsp3) is 0.375. The topological polar surface area (TPSA) is 33.1 Å². The third kappa shape index (κ3) is 2.18. The van der Waals surface area contributed by atoms with Gasteiger partial charge in [0, 0.05) is 6.20 Å². The first-order valence-electron chi connectivity index (χ1n) is 3.58. The zero-order chi connectivity index (χ0) is 10.1. The molecule has 5 heteroatoms. The van der Waals surface area contributed by atoms with Crippen molar-refractivity contribution >= 4 is 0 Å². The van der Waals surface area contributed by atoms with E-state index in [0.29, 0.717) is 0 Å². The van der Waals surface area contributed by atoms with Crippen LogP contribution in [-0.2, 0) is 12.8 Å². The Labute approximate surface area is 73.0 Å². The maximum atomic E-state index is 12.2. The maximum absolute atomic E-state index is 12.2. The lowest BCUT2D eigenvalue weighted by atomic mass is 10.1. The third-order valence-corrected chi connectivity index (χ3v) is 1.63. The summed E-state index contributed by atoms with van der Waals surface area (Å²) in [5.74, 6) is 0. The summed E-state index contributed by atoms with van der Waals surface area (Å²) in [6, 6.07) is 1.23. The molecule has 1 aromatic heterocycles. The zero-order valence-corrected chi connectivity index (χ0v) is 6.89. The molecule has 1 N–H and O–H groups in total. The number of aryl methyl sites for hydroxylation is 1. The van der Waals surface area contributed by atoms with Crippen LogP contribution in [0.4, 0.5) is 13.2 Å². The smallest absolute Gasteiger partial charge is 0.390 e. The van der Waals surface area contributed by atoms with Gasteiger partial charge < -0.3 is 5.11 Å². The highest BCUT2D eigenvalue weighted by atomic mass is 19.4. The lowest BCUT2D eigenvalue weighted by molar-refractivity contribution is -0.138. The zero-order valence-electron chi connectivity index (χ0n) is 6.89. The molecule has 0 saturated carbocycles. The van der Waals surface area contributed by atoms with E-state index in [9.17, 15) is 13.2 Å². The van der Waals surface area contributed by atoms with Gasteiger partial charge in [-0.1, -0.05) is 0 Å². The van der Waals surface area contributed by atoms with Crippen molar-refractivity contribution in [1.29, 1.82) is 0 Å². The Bertz CT molecular complexity index is 309. The molecule has 0 fully saturated rings. The van der Waals surface area contributed by atoms with Crippen molar-refractivity contribution < 1.29 is 18.3 Å². The van der Waals surface area contributed by atoms with Gasteiger partial charge in [0.25, 0.3) is 0 Å². The van der Waals surface area contributed by atoms with Gasteiger partial charge in [0.1, 0.15) is 0 Å². The molecule has 0 unspecified atom stereocenters. The molecule has 0 radical (unpaired) electrons. The van der Waals surface area contributed by atoms with Crippen LogP contribution < -0.4 is 0 Å². The van der Waals surface area contributed by atoms with Crippen LogP contribution in [-0.4, -0.2) is 10.1 Å². The number of aliphatic hydroxyl groups is 1. The third-order valence-electron chi connectivity index (χ3n) is 1.63. The minimum Gasteiger partial charge on any atom is -0.390 e. The number of rotatable bonds is 1. The number of hydrogen-bond donors (Lipinski definition) is 1. The molecule has 2 nitrogen and oxygen atoms in total. The Morgan fingerprint density at radius 2 is 2.08 bits per heavy atom. The summed E-state index contributed by atoms with van der Waals surface area (Å²) in [5, 5.41) is 8.61. The van der Waals surface area contributed by atoms with Gasteiger partial charge in [-0.2, -0.15) is 13.2 Å². The van der Waals surface area contributed by atoms with Gasteiger partial charge in [-0.05, 0) is 18.6 Å². The Morgan fingerprint density at radius 1 is 1.46 bits per heavy atom. The van der Waals surface area contributed by atoms with Crippen molar-refractivity contribution in [3.05, 3.63) is 29.1 Å². The summed E-state index contributed by atoms with van der Waals surface area (Å²) in [4.78, 5) is 3.45. The molecule has 0 aliphatic heterocycles. The van der Waals surface area contributed by atoms with Crippen LogP contribution in [0.5, 0.6) is 0 Å². The van der Waals surface area contributed by atoms with Crippen LogP contribution in [0.2, 0.25) is 0 Å². The van der Waals surface area contributed by atoms with E-state index in [1.807, 2.05) is 0 Å². The van der Waals surface area contributed by atoms with E-state index < -0.39 is 11.7 Å². The quantitative estimate of drug-likeness (QED) is 0.735. The van der Waals surface area contributed by atoms with Gasteiger partial charge in [0.2, 0.25) is 0 Å². The summed E-state index contributed by atoms with van der Waals surface area (Å²) >= 11 is 0. The first kappa shape index (κ1) is 9.98. The second kappa shape index (κ2) is 3.33. The number of halogens is 3. The second-order valence-electron chi connectivity index (χ2n) is 2.65. The van der Waals surface area contributed by atoms with Crippen LogP contribution in [0.15, 0.2) is 12.3 Å². The molecule has 0 saturated heterocycles. The van der Waals surface area contributed by atoms with E-state index >= 15 is 0 Å². The van der Waals surface area contributed by atoms with E-state index in [2.05, 4.69) is 4.98 Å². The van der Waals surface area contributed by atoms with E-state index in [4.69, 9.17) is 5.11 Å². The summed E-state index contributed by atoms with van der Waals surface area (Å²) in [5.41, 5.74) is -0.443. The Hall–Kier alpha value is -1.10. The van der Waals surface area contributed by atoms with Crippen LogP contribution in [0.25, 0.3) is 0 Å². The molecule has 1 heterocycles. The van der Waals surface area contributed by atoms with Crippen LogP contribution in [0.1, 0.15) is 16.8 Å². The molecular weight excluding hydrogens is 183 g/mol. The van der Waals surface area contributed by atoms with Crippen molar-refractivity contribution in [2.45, 2.75) is 19.7 Å². The van der Waals surface area contributed by atoms with Crippen molar-refractivity contribution in [2.75, 3.05) is 0 Å². The van der Waals surface area contributed by atoms with Crippen molar-refractivity contribution in [2.24, 2.45) is 0 Å². The number of pyridine rings is 1. The van der Waals surface area contributed by atoms with Gasteiger partial charge in [0.05, 0.1) is 17.9 Å². The van der Waals surface area contributed by atoms with Crippen molar-refractivity contribution in [1.82, 2.24) is 4.98 Å². The first-order chi connectivity index (χ1) is 5.95. The van der Waals surface area contributed by atoms with Gasteiger partial charge in [0.15, 0.2) is 0 Å². The van der Waals surface area contributed by atoms with Crippen molar-refractivity contribution in [3.63, 3.8) is 0 Å². The van der Waals surface area contributed by atoms with Crippen LogP contribution in [0.3, 0.4) is 0 Å². The van der Waals surface area contributed by atoms with Crippen molar-refractivity contribution in [3.8, 4) is 0 Å². The van der Waals surface area contributed by atoms with E-state index in [1.165, 1.54) is 13.0 Å². The highest BCUT2D eigenvalue weighted by Gasteiger charge is 2.32. The average molecular weight is 191 g/mol. The normalized spacial score (nSPS) is 11.8. The molecule has 1 rings (SSSR count). The summed E-state index contributed by atoms with van der Waals surface area (Å²) in [7, 11) is 0. The predicted octanol–water partition coefficient (Wildman–Crippen LogP) is 1.90. The molecule has 0 amide bonds. The lowest BCUT2D eigenvalue weighted by Gasteiger charge is -2.09. The Morgan fingerprint density at radius 3 is 2.46 bits per heavy atom. The largest absolute Gasteiger partial charge is 0.418 e. The van der Waals surface area contributed by atoms with E-state index in [0.717, 1.165) is 6.20 Å². The maximum Gasteiger partial charge on any atom is 0.418 e. The second-order valence-corrected chi connectivity index (χ2v) is 2.65. The number of hydrogen-bond acceptors (Lipinski definition) is 2. The molecule has 72 valence electrons. The number of nitrogens with zero attached hydrogens (tertiary/aromatic N) is 1. The fourth-order valence-electron chi connectivity index (χ4n) is 0.997. The molecule has 13 heavy (non-hydrogen) atoms. The molecule has 0 aromatic carbocycles. The molecule has 0 bridgehead atoms. The lowest BCUT2D eigenvalue weighted by Crippen LogP contribution is -2.09. The fourth-order valence-corrected chi connectivity index (χ4v) is 0.997. The van der Waals surface area contributed by atoms with Gasteiger partial charge in [-0.25, -0.2) is 0 Å². The van der Waals surface area contributed by atoms with Gasteiger partial charge in [-0.15, -0.1) is 0 Å². The molecule has 0 aliphatic carbocycles. The highest BCUT2D eigenvalue weighted by Crippen LogP contribution is 2.31. The molecule has 0 spiro atoms. The monoisotopic (exact) mass is 191 g/mol. The molecule has 1 aromatic rings. The van der Waals surface area contributed by atoms with Crippen LogP contribution >= 0.6 is 0 Å². The standard InChI is InChI=1S/C8H8F3NO/c1-5-2-6(4-13)12-3-7(5)8(9,10)11/h2-3,13H,4H2,1H3. The molecule has 0 atom stereocenters. The van der Waals surface area contributed by atoms with Gasteiger partial charge >= 0.3 is 6.18 Å². The van der Waals surface area contributed by atoms with E-state index in [1.54, 1.807) is 0 Å². The Balaban J connectivity index is 3.13. The number of aromatic nitrogens is 1. The summed E-state index contributed by atoms with van der Waals surface area (Å²) in [6.07, 6.45) is -3.63. The first-order valence-corrected chi connectivity index (χ1v) is 3.58. The van der Waals surface area contributed by atoms with E-state index in [-0.39, 0.29) is 17.9 Å². The Kier molecular flexibility index (Phi) is 2.56. The highest BCUT2D eigenvalue weighted by molar-refractivity contribution is 5.27. The number of aliphatic hydroxyl groups excluding tert-OH is 1. The summed E-state index contributed by atoms with van der Waals surface area (Å²) in [6.45, 7) is 0.989. The van der Waals surface area contributed by atoms with Gasteiger partial charge in [-0.3, -0.25) is 4.98 Å². The minimum absolute atomic E-state index is 0.0755. The molecule has 0 aliphatic rings. The minimum atomic E-state index is -4.37. The SMILES string of the molecule is Cc1cc(CO)ncc1C(F)(F)F. The summed E-state index contributed by atoms with van der Waals surface area (Å²) < 4.78 is 36.5. The van der Waals surface area contributed by atoms with Crippen LogP contribution in [0, 0.1) is 6.92 Å². The number of alkyl halides is 3. The predicted molar refractivity (Wildman–Crippen MR) is 39.9 cm³/mol. The average Bonchev–Trinajstić information content (AvgIpc) is 2.01. The molecular formula is C8H8F3NO.